The van der Waals surface area contributed by atoms with Gasteiger partial charge in [0.2, 0.25) is 0 Å². The normalized spacial score (nSPS) is 13.2. The lowest BCUT2D eigenvalue weighted by Gasteiger charge is -2.07. The van der Waals surface area contributed by atoms with Crippen molar-refractivity contribution in [1.82, 2.24) is 0 Å². The molecular weight excluding hydrogens is 342 g/mol. The van der Waals surface area contributed by atoms with Crippen LogP contribution in [0.4, 0.5) is 0 Å². The lowest BCUT2D eigenvalue weighted by molar-refractivity contribution is -0.140. The van der Waals surface area contributed by atoms with Gasteiger partial charge in [-0.05, 0) is 24.8 Å². The van der Waals surface area contributed by atoms with Crippen LogP contribution in [0.1, 0.15) is 26.3 Å². The average molecular weight is 371 g/mol. The maximum atomic E-state index is 10.4. The Morgan fingerprint density at radius 2 is 1.27 bits per heavy atom. The molecule has 3 atom stereocenters. The van der Waals surface area contributed by atoms with E-state index in [-0.39, 0.29) is 5.92 Å². The molecule has 0 radical (unpaired) electrons. The minimum Gasteiger partial charge on any atom is -0.480 e. The van der Waals surface area contributed by atoms with Gasteiger partial charge in [-0.25, -0.2) is 0 Å². The molecule has 26 heavy (non-hydrogen) atoms. The molecular formula is C17H29N3O6. The minimum atomic E-state index is -0.963. The first-order valence-electron chi connectivity index (χ1n) is 7.89. The summed E-state index contributed by atoms with van der Waals surface area (Å²) >= 11 is 0. The van der Waals surface area contributed by atoms with Crippen molar-refractivity contribution in [2.75, 3.05) is 0 Å². The second-order valence-electron chi connectivity index (χ2n) is 5.87. The van der Waals surface area contributed by atoms with Gasteiger partial charge in [-0.3, -0.25) is 14.4 Å². The number of carbonyl (C=O) groups is 3. The molecule has 1 rings (SSSR count). The third kappa shape index (κ3) is 13.9. The van der Waals surface area contributed by atoms with E-state index in [9.17, 15) is 14.4 Å². The van der Waals surface area contributed by atoms with Crippen LogP contribution in [0.2, 0.25) is 0 Å². The zero-order valence-electron chi connectivity index (χ0n) is 15.2. The first kappa shape index (κ1) is 25.7. The van der Waals surface area contributed by atoms with Gasteiger partial charge in [0.05, 0.1) is 0 Å². The van der Waals surface area contributed by atoms with Crippen molar-refractivity contribution < 1.29 is 29.7 Å². The highest BCUT2D eigenvalue weighted by molar-refractivity contribution is 5.73. The molecule has 148 valence electrons. The standard InChI is InChI=1S/C9H11NO2.C5H11NO2.C3H7NO2/c10-8(9(11)12)6-7-4-2-1-3-5-7;1-3(2)4(6)5(7)8;1-2(4)3(5)6/h1-5,8H,6,10H2,(H,11,12);3-4H,6H2,1-2H3,(H,7,8);2H,4H2,1H3,(H,5,6). The third-order valence-corrected chi connectivity index (χ3v) is 3.01. The molecule has 1 aromatic carbocycles. The van der Waals surface area contributed by atoms with Gasteiger partial charge in [0.1, 0.15) is 18.1 Å². The Balaban J connectivity index is 0. The number of carboxylic acids is 3. The Hall–Kier alpha value is -2.49. The van der Waals surface area contributed by atoms with Crippen molar-refractivity contribution in [3.63, 3.8) is 0 Å². The van der Waals surface area contributed by atoms with Gasteiger partial charge in [0, 0.05) is 0 Å². The van der Waals surface area contributed by atoms with E-state index in [2.05, 4.69) is 0 Å². The number of hydrogen-bond donors (Lipinski definition) is 6. The first-order valence-corrected chi connectivity index (χ1v) is 7.89. The highest BCUT2D eigenvalue weighted by atomic mass is 16.4. The molecule has 9 N–H and O–H groups in total. The predicted molar refractivity (Wildman–Crippen MR) is 97.5 cm³/mol. The van der Waals surface area contributed by atoms with Crippen LogP contribution in [0.25, 0.3) is 0 Å². The van der Waals surface area contributed by atoms with Gasteiger partial charge in [-0.1, -0.05) is 44.2 Å². The van der Waals surface area contributed by atoms with Gasteiger partial charge >= 0.3 is 17.9 Å². The Bertz CT molecular complexity index is 549. The molecule has 0 aliphatic rings. The molecule has 0 saturated carbocycles. The minimum absolute atomic E-state index is 0.0208. The van der Waals surface area contributed by atoms with Crippen LogP contribution in [0.3, 0.4) is 0 Å². The number of rotatable bonds is 6. The number of nitrogens with two attached hydrogens (primary N) is 3. The summed E-state index contributed by atoms with van der Waals surface area (Å²) in [6.07, 6.45) is 0.385. The Labute approximate surface area is 152 Å². The van der Waals surface area contributed by atoms with Crippen LogP contribution in [0.5, 0.6) is 0 Å². The Kier molecular flexibility index (Phi) is 13.6. The van der Waals surface area contributed by atoms with Crippen LogP contribution < -0.4 is 17.2 Å². The van der Waals surface area contributed by atoms with E-state index in [0.717, 1.165) is 5.56 Å². The summed E-state index contributed by atoms with van der Waals surface area (Å²) in [4.78, 5) is 30.0. The first-order chi connectivity index (χ1) is 11.9. The highest BCUT2D eigenvalue weighted by Gasteiger charge is 2.14. The fourth-order valence-electron chi connectivity index (χ4n) is 1.24. The van der Waals surface area contributed by atoms with Crippen LogP contribution >= 0.6 is 0 Å². The van der Waals surface area contributed by atoms with E-state index in [1.807, 2.05) is 30.3 Å². The smallest absolute Gasteiger partial charge is 0.320 e. The highest BCUT2D eigenvalue weighted by Crippen LogP contribution is 2.01. The van der Waals surface area contributed by atoms with E-state index in [1.54, 1.807) is 13.8 Å². The second kappa shape index (κ2) is 13.8. The topological polar surface area (TPSA) is 190 Å². The summed E-state index contributed by atoms with van der Waals surface area (Å²) < 4.78 is 0. The zero-order chi connectivity index (χ0) is 20.9. The maximum Gasteiger partial charge on any atom is 0.320 e. The largest absolute Gasteiger partial charge is 0.480 e. The Morgan fingerprint density at radius 1 is 0.846 bits per heavy atom. The zero-order valence-corrected chi connectivity index (χ0v) is 15.2. The van der Waals surface area contributed by atoms with Gasteiger partial charge in [-0.2, -0.15) is 0 Å². The summed E-state index contributed by atoms with van der Waals surface area (Å²) in [5.74, 6) is -2.83. The van der Waals surface area contributed by atoms with E-state index >= 15 is 0 Å². The number of hydrogen-bond acceptors (Lipinski definition) is 6. The van der Waals surface area contributed by atoms with Crippen molar-refractivity contribution in [2.24, 2.45) is 23.1 Å². The monoisotopic (exact) mass is 371 g/mol. The average Bonchev–Trinajstić information content (AvgIpc) is 2.55. The molecule has 0 saturated heterocycles. The van der Waals surface area contributed by atoms with Gasteiger partial charge in [-0.15, -0.1) is 0 Å². The van der Waals surface area contributed by atoms with Crippen LogP contribution in [0, 0.1) is 5.92 Å². The quantitative estimate of drug-likeness (QED) is 0.403. The molecule has 9 nitrogen and oxygen atoms in total. The van der Waals surface area contributed by atoms with Crippen molar-refractivity contribution >= 4 is 17.9 Å². The van der Waals surface area contributed by atoms with E-state index in [1.165, 1.54) is 6.92 Å². The van der Waals surface area contributed by atoms with Crippen LogP contribution in [-0.4, -0.2) is 51.4 Å². The third-order valence-electron chi connectivity index (χ3n) is 3.01. The SMILES string of the molecule is CC(C)C(N)C(=O)O.CC(N)C(=O)O.NC(Cc1ccccc1)C(=O)O. The van der Waals surface area contributed by atoms with Crippen molar-refractivity contribution in [3.05, 3.63) is 35.9 Å². The fourth-order valence-corrected chi connectivity index (χ4v) is 1.24. The van der Waals surface area contributed by atoms with Crippen LogP contribution in [0.15, 0.2) is 30.3 Å². The molecule has 0 bridgehead atoms. The van der Waals surface area contributed by atoms with E-state index in [4.69, 9.17) is 32.5 Å². The molecule has 9 heteroatoms. The summed E-state index contributed by atoms with van der Waals surface area (Å²) in [6, 6.07) is 7.10. The molecule has 0 amide bonds. The van der Waals surface area contributed by atoms with E-state index in [0.29, 0.717) is 6.42 Å². The van der Waals surface area contributed by atoms with Crippen molar-refractivity contribution in [3.8, 4) is 0 Å². The summed E-state index contributed by atoms with van der Waals surface area (Å²) in [5.41, 5.74) is 16.3. The number of aliphatic carboxylic acids is 3. The molecule has 0 aliphatic heterocycles. The lowest BCUT2D eigenvalue weighted by atomic mass is 10.1. The molecule has 0 spiro atoms. The molecule has 1 aromatic rings. The Morgan fingerprint density at radius 3 is 1.50 bits per heavy atom. The molecule has 3 unspecified atom stereocenters. The van der Waals surface area contributed by atoms with Gasteiger partial charge in [0.25, 0.3) is 0 Å². The second-order valence-corrected chi connectivity index (χ2v) is 5.87. The number of benzene rings is 1. The summed E-state index contributed by atoms with van der Waals surface area (Å²) in [6.45, 7) is 4.97. The van der Waals surface area contributed by atoms with Gasteiger partial charge in [0.15, 0.2) is 0 Å². The summed E-state index contributed by atoms with van der Waals surface area (Å²) in [5, 5.41) is 24.6. The predicted octanol–water partition coefficient (Wildman–Crippen LogP) is 0.114. The van der Waals surface area contributed by atoms with Crippen molar-refractivity contribution in [2.45, 2.75) is 45.3 Å². The fraction of sp³-hybridized carbons (Fsp3) is 0.471. The van der Waals surface area contributed by atoms with E-state index < -0.39 is 36.0 Å². The molecule has 0 fully saturated rings. The molecule has 0 aliphatic carbocycles. The molecule has 0 heterocycles. The molecule has 0 aromatic heterocycles. The van der Waals surface area contributed by atoms with Gasteiger partial charge < -0.3 is 32.5 Å². The lowest BCUT2D eigenvalue weighted by Crippen LogP contribution is -2.34. The van der Waals surface area contributed by atoms with Crippen molar-refractivity contribution in [1.29, 1.82) is 0 Å². The van der Waals surface area contributed by atoms with Crippen LogP contribution in [-0.2, 0) is 20.8 Å². The number of carboxylic acid groups (broad SMARTS) is 3. The maximum absolute atomic E-state index is 10.4. The summed E-state index contributed by atoms with van der Waals surface area (Å²) in [7, 11) is 0.